The molecule has 0 aromatic carbocycles. The average molecular weight is 359 g/mol. The van der Waals surface area contributed by atoms with E-state index in [-0.39, 0.29) is 28.8 Å². The summed E-state index contributed by atoms with van der Waals surface area (Å²) in [6.45, 7) is 8.21. The van der Waals surface area contributed by atoms with Crippen molar-refractivity contribution < 1.29 is 14.3 Å². The molecule has 0 heterocycles. The van der Waals surface area contributed by atoms with Crippen molar-refractivity contribution in [3.05, 3.63) is 11.6 Å². The Labute approximate surface area is 157 Å². The van der Waals surface area contributed by atoms with Gasteiger partial charge in [-0.15, -0.1) is 0 Å². The molecule has 0 saturated heterocycles. The Morgan fingerprint density at radius 2 is 1.81 bits per heavy atom. The van der Waals surface area contributed by atoms with Crippen molar-refractivity contribution in [3.8, 4) is 0 Å². The maximum Gasteiger partial charge on any atom is 0.302 e. The number of fused-ring (bicyclic) bond motifs is 5. The summed E-state index contributed by atoms with van der Waals surface area (Å²) in [5.74, 6) is 2.72. The zero-order valence-corrected chi connectivity index (χ0v) is 16.8. The van der Waals surface area contributed by atoms with Crippen molar-refractivity contribution in [3.63, 3.8) is 0 Å². The zero-order valence-electron chi connectivity index (χ0n) is 16.8. The number of carbonyl (C=O) groups is 2. The number of hydrogen-bond donors (Lipinski definition) is 0. The van der Waals surface area contributed by atoms with Crippen molar-refractivity contribution in [2.24, 2.45) is 34.5 Å². The lowest BCUT2D eigenvalue weighted by atomic mass is 9.47. The van der Waals surface area contributed by atoms with E-state index in [1.165, 1.54) is 26.2 Å². The topological polar surface area (TPSA) is 43.4 Å². The third-order valence-electron chi connectivity index (χ3n) is 8.88. The standard InChI is InChI=1S/C23H34O3/c1-14(24)19-7-8-20-18-6-5-16-13-17(26-15(2)25)9-11-22(16,3)21(18)10-12-23(19,20)4/h5,17-21H,6-13H2,1-4H3/t17-,18+,19+,20+,21+,22+,23-/m1/s1. The molecule has 0 amide bonds. The molecule has 4 aliphatic rings. The molecule has 0 radical (unpaired) electrons. The summed E-state index contributed by atoms with van der Waals surface area (Å²) in [6, 6.07) is 0. The largest absolute Gasteiger partial charge is 0.462 e. The van der Waals surface area contributed by atoms with Crippen LogP contribution >= 0.6 is 0 Å². The van der Waals surface area contributed by atoms with Crippen LogP contribution in [0, 0.1) is 34.5 Å². The summed E-state index contributed by atoms with van der Waals surface area (Å²) in [7, 11) is 0. The molecule has 144 valence electrons. The van der Waals surface area contributed by atoms with Gasteiger partial charge in [0.25, 0.3) is 0 Å². The first-order chi connectivity index (χ1) is 12.3. The van der Waals surface area contributed by atoms with Crippen molar-refractivity contribution >= 4 is 11.8 Å². The quantitative estimate of drug-likeness (QED) is 0.510. The molecule has 3 saturated carbocycles. The van der Waals surface area contributed by atoms with Gasteiger partial charge in [-0.1, -0.05) is 25.5 Å². The van der Waals surface area contributed by atoms with Crippen LogP contribution < -0.4 is 0 Å². The van der Waals surface area contributed by atoms with Gasteiger partial charge in [-0.25, -0.2) is 0 Å². The lowest BCUT2D eigenvalue weighted by Crippen LogP contribution is -2.51. The predicted molar refractivity (Wildman–Crippen MR) is 101 cm³/mol. The van der Waals surface area contributed by atoms with E-state index in [4.69, 9.17) is 4.74 Å². The Morgan fingerprint density at radius 1 is 1.04 bits per heavy atom. The van der Waals surface area contributed by atoms with Gasteiger partial charge in [0.05, 0.1) is 0 Å². The van der Waals surface area contributed by atoms with Gasteiger partial charge in [0.15, 0.2) is 0 Å². The summed E-state index contributed by atoms with van der Waals surface area (Å²) in [5, 5.41) is 0. The summed E-state index contributed by atoms with van der Waals surface area (Å²) in [4.78, 5) is 23.6. The van der Waals surface area contributed by atoms with Crippen LogP contribution in [-0.2, 0) is 14.3 Å². The number of ketones is 1. The van der Waals surface area contributed by atoms with E-state index >= 15 is 0 Å². The highest BCUT2D eigenvalue weighted by atomic mass is 16.5. The molecule has 0 spiro atoms. The van der Waals surface area contributed by atoms with Gasteiger partial charge in [0.1, 0.15) is 11.9 Å². The molecule has 3 nitrogen and oxygen atoms in total. The van der Waals surface area contributed by atoms with Crippen LogP contribution in [0.3, 0.4) is 0 Å². The fraction of sp³-hybridized carbons (Fsp3) is 0.826. The molecule has 7 atom stereocenters. The molecule has 26 heavy (non-hydrogen) atoms. The fourth-order valence-corrected chi connectivity index (χ4v) is 7.63. The Bertz CT molecular complexity index is 650. The molecule has 0 aromatic heterocycles. The van der Waals surface area contributed by atoms with Gasteiger partial charge in [-0.3, -0.25) is 9.59 Å². The molecule has 0 unspecified atom stereocenters. The minimum atomic E-state index is -0.150. The molecule has 4 rings (SSSR count). The van der Waals surface area contributed by atoms with Gasteiger partial charge in [0, 0.05) is 19.3 Å². The van der Waals surface area contributed by atoms with Crippen LogP contribution in [0.1, 0.15) is 79.1 Å². The van der Waals surface area contributed by atoms with Crippen LogP contribution in [0.2, 0.25) is 0 Å². The number of esters is 1. The number of ether oxygens (including phenoxy) is 1. The summed E-state index contributed by atoms with van der Waals surface area (Å²) in [5.41, 5.74) is 2.04. The van der Waals surface area contributed by atoms with Gasteiger partial charge >= 0.3 is 5.97 Å². The highest BCUT2D eigenvalue weighted by Crippen LogP contribution is 2.66. The Balaban J connectivity index is 1.59. The lowest BCUT2D eigenvalue weighted by Gasteiger charge is -2.58. The van der Waals surface area contributed by atoms with E-state index < -0.39 is 0 Å². The molecular weight excluding hydrogens is 324 g/mol. The summed E-state index contributed by atoms with van der Waals surface area (Å²) >= 11 is 0. The minimum absolute atomic E-state index is 0.0748. The number of allylic oxidation sites excluding steroid dienone is 1. The maximum atomic E-state index is 12.2. The van der Waals surface area contributed by atoms with E-state index in [0.29, 0.717) is 11.7 Å². The first-order valence-corrected chi connectivity index (χ1v) is 10.6. The second kappa shape index (κ2) is 6.21. The monoisotopic (exact) mass is 358 g/mol. The third kappa shape index (κ3) is 2.60. The Kier molecular flexibility index (Phi) is 4.36. The first kappa shape index (κ1) is 18.3. The van der Waals surface area contributed by atoms with E-state index in [0.717, 1.165) is 43.9 Å². The predicted octanol–water partition coefficient (Wildman–Crippen LogP) is 5.09. The number of Topliss-reactive ketones (excluding diaryl/α,β-unsaturated/α-hetero) is 1. The zero-order chi connectivity index (χ0) is 18.7. The van der Waals surface area contributed by atoms with Crippen molar-refractivity contribution in [1.82, 2.24) is 0 Å². The minimum Gasteiger partial charge on any atom is -0.462 e. The summed E-state index contributed by atoms with van der Waals surface area (Å²) in [6.07, 6.45) is 11.6. The first-order valence-electron chi connectivity index (χ1n) is 10.6. The Morgan fingerprint density at radius 3 is 2.50 bits per heavy atom. The van der Waals surface area contributed by atoms with Gasteiger partial charge in [0.2, 0.25) is 0 Å². The van der Waals surface area contributed by atoms with Gasteiger partial charge in [-0.05, 0) is 80.5 Å². The van der Waals surface area contributed by atoms with E-state index in [2.05, 4.69) is 19.9 Å². The molecule has 4 aliphatic carbocycles. The van der Waals surface area contributed by atoms with E-state index in [1.54, 1.807) is 12.5 Å². The van der Waals surface area contributed by atoms with Crippen molar-refractivity contribution in [1.29, 1.82) is 0 Å². The molecule has 0 N–H and O–H groups in total. The second-order valence-corrected chi connectivity index (χ2v) is 10.0. The third-order valence-corrected chi connectivity index (χ3v) is 8.88. The second-order valence-electron chi connectivity index (χ2n) is 10.0. The molecule has 0 aliphatic heterocycles. The van der Waals surface area contributed by atoms with Crippen LogP contribution in [0.15, 0.2) is 11.6 Å². The van der Waals surface area contributed by atoms with Crippen LogP contribution in [0.4, 0.5) is 0 Å². The molecule has 0 aromatic rings. The van der Waals surface area contributed by atoms with Crippen LogP contribution in [0.5, 0.6) is 0 Å². The fourth-order valence-electron chi connectivity index (χ4n) is 7.63. The van der Waals surface area contributed by atoms with Crippen LogP contribution in [-0.4, -0.2) is 17.9 Å². The summed E-state index contributed by atoms with van der Waals surface area (Å²) < 4.78 is 5.53. The van der Waals surface area contributed by atoms with Gasteiger partial charge in [-0.2, -0.15) is 0 Å². The van der Waals surface area contributed by atoms with Crippen molar-refractivity contribution in [2.45, 2.75) is 85.2 Å². The van der Waals surface area contributed by atoms with E-state index in [9.17, 15) is 9.59 Å². The SMILES string of the molecule is CC(=O)O[C@@H]1CC[C@@]2(C)C(=CC[C@H]3[C@@H]4CC[C@@H](C(C)=O)[C@@]4(C)CC[C@@H]32)C1. The number of hydrogen-bond acceptors (Lipinski definition) is 3. The highest BCUT2D eigenvalue weighted by Gasteiger charge is 2.59. The highest BCUT2D eigenvalue weighted by molar-refractivity contribution is 5.79. The molecule has 3 heteroatoms. The number of rotatable bonds is 2. The lowest BCUT2D eigenvalue weighted by molar-refractivity contribution is -0.149. The normalized spacial score (nSPS) is 47.2. The molecular formula is C23H34O3. The average Bonchev–Trinajstić information content (AvgIpc) is 2.92. The van der Waals surface area contributed by atoms with E-state index in [1.807, 2.05) is 0 Å². The van der Waals surface area contributed by atoms with Crippen LogP contribution in [0.25, 0.3) is 0 Å². The molecule has 0 bridgehead atoms. The van der Waals surface area contributed by atoms with Gasteiger partial charge < -0.3 is 4.74 Å². The Hall–Kier alpha value is -1.12. The maximum absolute atomic E-state index is 12.2. The smallest absolute Gasteiger partial charge is 0.302 e. The molecule has 3 fully saturated rings. The van der Waals surface area contributed by atoms with Crippen molar-refractivity contribution in [2.75, 3.05) is 0 Å². The number of carbonyl (C=O) groups excluding carboxylic acids is 2.